The number of aliphatic hydroxyl groups is 6. The standard InChI is InChI=1S/C31H40O16/c1-12(8-14-4-6-17(43-3)16(32)10-14)13(2)9-15-5-7-18(44-30-24(37)20(33)22(35)26(46-30)28(39)40)19(11-15)45-31-25(38)21(34)23(36)27(47-31)29(41)42/h4-7,10-13,20-27,30-38H,8-9H2,1-3H3,(H,39,40)(H,41,42)/t12?,13?,20-,21-,22-,23-,24+,25+,26-,27-,30+,31+/m0/s1. The van der Waals surface area contributed by atoms with Crippen LogP contribution in [-0.4, -0.2) is 126 Å². The van der Waals surface area contributed by atoms with E-state index in [1.807, 2.05) is 19.9 Å². The Morgan fingerprint density at radius 3 is 1.51 bits per heavy atom. The topological polar surface area (TPSA) is 262 Å². The van der Waals surface area contributed by atoms with Crippen molar-refractivity contribution in [2.45, 2.75) is 88.1 Å². The molecule has 9 N–H and O–H groups in total. The first-order valence-electron chi connectivity index (χ1n) is 14.8. The lowest BCUT2D eigenvalue weighted by Crippen LogP contribution is -2.61. The number of phenolic OH excluding ortho intramolecular Hbond substituents is 1. The van der Waals surface area contributed by atoms with Crippen LogP contribution in [0.15, 0.2) is 36.4 Å². The average Bonchev–Trinajstić information content (AvgIpc) is 3.02. The Bertz CT molecular complexity index is 1400. The van der Waals surface area contributed by atoms with Gasteiger partial charge in [-0.1, -0.05) is 26.0 Å². The maximum atomic E-state index is 11.6. The molecule has 2 aliphatic rings. The average molecular weight is 669 g/mol. The molecule has 0 aromatic heterocycles. The Morgan fingerprint density at radius 1 is 0.660 bits per heavy atom. The van der Waals surface area contributed by atoms with Crippen LogP contribution in [0.2, 0.25) is 0 Å². The fourth-order valence-corrected chi connectivity index (χ4v) is 5.43. The lowest BCUT2D eigenvalue weighted by Gasteiger charge is -2.40. The minimum absolute atomic E-state index is 0.0147. The molecular formula is C31H40O16. The molecule has 2 heterocycles. The van der Waals surface area contributed by atoms with Crippen LogP contribution in [0.3, 0.4) is 0 Å². The van der Waals surface area contributed by atoms with E-state index in [-0.39, 0.29) is 29.1 Å². The van der Waals surface area contributed by atoms with E-state index in [9.17, 15) is 55.5 Å². The molecule has 2 aromatic carbocycles. The van der Waals surface area contributed by atoms with Gasteiger partial charge in [-0.2, -0.15) is 0 Å². The van der Waals surface area contributed by atoms with Gasteiger partial charge in [-0.05, 0) is 60.1 Å². The normalized spacial score (nSPS) is 32.2. The highest BCUT2D eigenvalue weighted by molar-refractivity contribution is 5.74. The van der Waals surface area contributed by atoms with Crippen molar-refractivity contribution in [1.29, 1.82) is 0 Å². The SMILES string of the molecule is COc1ccc(CC(C)C(C)Cc2ccc(O[C@@H]3O[C@H](C(=O)O)[C@@H](O)[C@H](O)[C@H]3O)c(O[C@@H]3O[C@H](C(=O)O)[C@@H](O)[C@H](O)[C@H]3O)c2)cc1O. The maximum Gasteiger partial charge on any atom is 0.335 e. The van der Waals surface area contributed by atoms with E-state index in [2.05, 4.69) is 0 Å². The van der Waals surface area contributed by atoms with E-state index in [4.69, 9.17) is 23.7 Å². The molecule has 2 aliphatic heterocycles. The largest absolute Gasteiger partial charge is 0.504 e. The van der Waals surface area contributed by atoms with Gasteiger partial charge in [0.2, 0.25) is 12.6 Å². The zero-order valence-corrected chi connectivity index (χ0v) is 25.7. The molecule has 0 bridgehead atoms. The van der Waals surface area contributed by atoms with Crippen molar-refractivity contribution in [3.8, 4) is 23.0 Å². The molecule has 2 saturated heterocycles. The van der Waals surface area contributed by atoms with Gasteiger partial charge in [0.05, 0.1) is 7.11 Å². The predicted octanol–water partition coefficient (Wildman–Crippen LogP) is -1.000. The molecule has 2 unspecified atom stereocenters. The van der Waals surface area contributed by atoms with Gasteiger partial charge < -0.3 is 69.6 Å². The fourth-order valence-electron chi connectivity index (χ4n) is 5.43. The minimum Gasteiger partial charge on any atom is -0.504 e. The van der Waals surface area contributed by atoms with Gasteiger partial charge in [-0.3, -0.25) is 0 Å². The summed E-state index contributed by atoms with van der Waals surface area (Å²) in [6.07, 6.45) is -18.3. The Morgan fingerprint density at radius 2 is 1.09 bits per heavy atom. The van der Waals surface area contributed by atoms with Gasteiger partial charge in [0.1, 0.15) is 36.6 Å². The summed E-state index contributed by atoms with van der Waals surface area (Å²) >= 11 is 0. The Kier molecular flexibility index (Phi) is 11.5. The summed E-state index contributed by atoms with van der Waals surface area (Å²) in [4.78, 5) is 23.2. The summed E-state index contributed by atoms with van der Waals surface area (Å²) in [5, 5.41) is 90.6. The number of benzene rings is 2. The van der Waals surface area contributed by atoms with Gasteiger partial charge in [0.25, 0.3) is 0 Å². The van der Waals surface area contributed by atoms with Crippen LogP contribution >= 0.6 is 0 Å². The summed E-state index contributed by atoms with van der Waals surface area (Å²) in [6.45, 7) is 4.01. The number of phenols is 1. The van der Waals surface area contributed by atoms with Crippen LogP contribution in [-0.2, 0) is 31.9 Å². The van der Waals surface area contributed by atoms with Crippen molar-refractivity contribution in [2.75, 3.05) is 7.11 Å². The van der Waals surface area contributed by atoms with Gasteiger partial charge >= 0.3 is 11.9 Å². The third-order valence-corrected chi connectivity index (χ3v) is 8.45. The Balaban J connectivity index is 1.60. The molecule has 4 rings (SSSR count). The number of hydrogen-bond acceptors (Lipinski definition) is 14. The van der Waals surface area contributed by atoms with Crippen molar-refractivity contribution in [3.05, 3.63) is 47.5 Å². The number of carboxylic acid groups (broad SMARTS) is 2. The van der Waals surface area contributed by atoms with E-state index >= 15 is 0 Å². The highest BCUT2D eigenvalue weighted by Gasteiger charge is 2.50. The van der Waals surface area contributed by atoms with Crippen LogP contribution < -0.4 is 14.2 Å². The van der Waals surface area contributed by atoms with E-state index in [1.165, 1.54) is 19.2 Å². The zero-order chi connectivity index (χ0) is 34.7. The first-order chi connectivity index (χ1) is 22.1. The molecule has 260 valence electrons. The van der Waals surface area contributed by atoms with Crippen LogP contribution in [0.1, 0.15) is 25.0 Å². The third kappa shape index (κ3) is 8.05. The van der Waals surface area contributed by atoms with E-state index in [0.29, 0.717) is 24.2 Å². The molecular weight excluding hydrogens is 628 g/mol. The second-order valence-corrected chi connectivity index (χ2v) is 11.9. The zero-order valence-electron chi connectivity index (χ0n) is 25.7. The van der Waals surface area contributed by atoms with Crippen molar-refractivity contribution in [1.82, 2.24) is 0 Å². The van der Waals surface area contributed by atoms with Crippen LogP contribution in [0.25, 0.3) is 0 Å². The van der Waals surface area contributed by atoms with Crippen LogP contribution in [0.5, 0.6) is 23.0 Å². The highest BCUT2D eigenvalue weighted by Crippen LogP contribution is 2.36. The molecule has 2 fully saturated rings. The fraction of sp³-hybridized carbons (Fsp3) is 0.548. The summed E-state index contributed by atoms with van der Waals surface area (Å²) in [6, 6.07) is 9.58. The first kappa shape index (κ1) is 36.1. The van der Waals surface area contributed by atoms with Crippen LogP contribution in [0.4, 0.5) is 0 Å². The van der Waals surface area contributed by atoms with Crippen LogP contribution in [0, 0.1) is 11.8 Å². The first-order valence-corrected chi connectivity index (χ1v) is 14.8. The molecule has 0 aliphatic carbocycles. The minimum atomic E-state index is -1.98. The van der Waals surface area contributed by atoms with Gasteiger partial charge in [-0.25, -0.2) is 9.59 Å². The molecule has 0 amide bonds. The third-order valence-electron chi connectivity index (χ3n) is 8.45. The van der Waals surface area contributed by atoms with Gasteiger partial charge in [0, 0.05) is 0 Å². The van der Waals surface area contributed by atoms with Gasteiger partial charge in [-0.15, -0.1) is 0 Å². The lowest BCUT2D eigenvalue weighted by atomic mass is 9.85. The van der Waals surface area contributed by atoms with E-state index < -0.39 is 73.4 Å². The quantitative estimate of drug-likeness (QED) is 0.131. The van der Waals surface area contributed by atoms with E-state index in [0.717, 1.165) is 5.56 Å². The number of rotatable bonds is 12. The number of carboxylic acids is 2. The number of hydrogen-bond donors (Lipinski definition) is 9. The molecule has 2 aromatic rings. The number of aliphatic carboxylic acids is 2. The van der Waals surface area contributed by atoms with Crippen molar-refractivity contribution >= 4 is 11.9 Å². The number of methoxy groups -OCH3 is 1. The summed E-state index contributed by atoms with van der Waals surface area (Å²) in [7, 11) is 1.45. The number of ether oxygens (including phenoxy) is 5. The molecule has 12 atom stereocenters. The smallest absolute Gasteiger partial charge is 0.335 e. The molecule has 0 saturated carbocycles. The Hall–Kier alpha value is -3.74. The van der Waals surface area contributed by atoms with Crippen molar-refractivity contribution in [2.24, 2.45) is 11.8 Å². The second kappa shape index (κ2) is 15.0. The number of aromatic hydroxyl groups is 1. The lowest BCUT2D eigenvalue weighted by molar-refractivity contribution is -0.276. The maximum absolute atomic E-state index is 11.6. The number of aliphatic hydroxyl groups excluding tert-OH is 6. The summed E-state index contributed by atoms with van der Waals surface area (Å²) in [5.41, 5.74) is 1.53. The number of carbonyl (C=O) groups is 2. The highest BCUT2D eigenvalue weighted by atomic mass is 16.7. The molecule has 0 radical (unpaired) electrons. The summed E-state index contributed by atoms with van der Waals surface area (Å²) < 4.78 is 27.0. The monoisotopic (exact) mass is 668 g/mol. The molecule has 16 nitrogen and oxygen atoms in total. The molecule has 0 spiro atoms. The Labute approximate surface area is 268 Å². The molecule has 47 heavy (non-hydrogen) atoms. The van der Waals surface area contributed by atoms with Gasteiger partial charge in [0.15, 0.2) is 35.2 Å². The second-order valence-electron chi connectivity index (χ2n) is 11.9. The summed E-state index contributed by atoms with van der Waals surface area (Å²) in [5.74, 6) is -3.24. The predicted molar refractivity (Wildman–Crippen MR) is 157 cm³/mol. The molecule has 16 heteroatoms. The van der Waals surface area contributed by atoms with E-state index in [1.54, 1.807) is 18.2 Å². The van der Waals surface area contributed by atoms with Crippen molar-refractivity contribution < 1.29 is 79.2 Å². The van der Waals surface area contributed by atoms with Crippen molar-refractivity contribution in [3.63, 3.8) is 0 Å².